The van der Waals surface area contributed by atoms with Gasteiger partial charge in [0.1, 0.15) is 11.7 Å². The minimum atomic E-state index is -0.534. The van der Waals surface area contributed by atoms with Gasteiger partial charge in [0.2, 0.25) is 0 Å². The van der Waals surface area contributed by atoms with Gasteiger partial charge in [0.25, 0.3) is 5.91 Å². The number of carbonyl (C=O) groups excluding carboxylic acids is 1. The van der Waals surface area contributed by atoms with Crippen molar-refractivity contribution in [3.05, 3.63) is 60.2 Å². The van der Waals surface area contributed by atoms with Gasteiger partial charge in [-0.1, -0.05) is 30.3 Å². The molecule has 1 heterocycles. The van der Waals surface area contributed by atoms with Crippen LogP contribution in [0.2, 0.25) is 0 Å². The second kappa shape index (κ2) is 8.60. The minimum Gasteiger partial charge on any atom is -0.497 e. The van der Waals surface area contributed by atoms with Gasteiger partial charge < -0.3 is 9.84 Å². The van der Waals surface area contributed by atoms with Crippen molar-refractivity contribution in [1.29, 1.82) is 0 Å². The number of aliphatic hydroxyl groups is 1. The molecule has 6 nitrogen and oxygen atoms in total. The number of anilines is 1. The van der Waals surface area contributed by atoms with Gasteiger partial charge in [0.05, 0.1) is 18.5 Å². The van der Waals surface area contributed by atoms with E-state index >= 15 is 0 Å². The van der Waals surface area contributed by atoms with E-state index in [1.807, 2.05) is 49.4 Å². The molecule has 1 N–H and O–H groups in total. The summed E-state index contributed by atoms with van der Waals surface area (Å²) in [5, 5.41) is 15.0. The molecule has 1 aliphatic rings. The van der Waals surface area contributed by atoms with Crippen molar-refractivity contribution in [2.45, 2.75) is 13.3 Å². The summed E-state index contributed by atoms with van der Waals surface area (Å²) in [5.41, 5.74) is 2.96. The Bertz CT molecular complexity index is 845. The first-order chi connectivity index (χ1) is 13.2. The zero-order valence-corrected chi connectivity index (χ0v) is 15.5. The topological polar surface area (TPSA) is 74.5 Å². The first kappa shape index (κ1) is 18.8. The van der Waals surface area contributed by atoms with E-state index in [2.05, 4.69) is 10.1 Å². The zero-order valence-electron chi connectivity index (χ0n) is 15.5. The van der Waals surface area contributed by atoms with Crippen LogP contribution in [0.4, 0.5) is 5.69 Å². The van der Waals surface area contributed by atoms with Crippen LogP contribution in [-0.4, -0.2) is 42.7 Å². The molecule has 1 amide bonds. The fourth-order valence-electron chi connectivity index (χ4n) is 2.99. The van der Waals surface area contributed by atoms with E-state index in [9.17, 15) is 4.79 Å². The number of carbonyl (C=O) groups is 1. The number of methoxy groups -OCH3 is 1. The molecular weight excluding hydrogens is 342 g/mol. The Labute approximate surface area is 158 Å². The summed E-state index contributed by atoms with van der Waals surface area (Å²) in [4.78, 5) is 17.7. The fraction of sp³-hybridized carbons (Fsp3) is 0.286. The summed E-state index contributed by atoms with van der Waals surface area (Å²) in [6.07, 6.45) is 0.568. The quantitative estimate of drug-likeness (QED) is 0.606. The number of nitrogens with zero attached hydrogens (tertiary/aromatic N) is 3. The number of benzene rings is 2. The number of hydrazone groups is 1. The number of ether oxygens (including phenoxy) is 1. The van der Waals surface area contributed by atoms with Crippen LogP contribution in [0.5, 0.6) is 5.75 Å². The molecule has 0 saturated carbocycles. The van der Waals surface area contributed by atoms with E-state index in [1.54, 1.807) is 19.2 Å². The molecule has 1 unspecified atom stereocenters. The number of hydrogen-bond donors (Lipinski definition) is 1. The molecule has 0 fully saturated rings. The van der Waals surface area contributed by atoms with Crippen LogP contribution >= 0.6 is 0 Å². The maximum absolute atomic E-state index is 13.2. The average molecular weight is 365 g/mol. The lowest BCUT2D eigenvalue weighted by Crippen LogP contribution is -2.32. The molecule has 0 aromatic heterocycles. The second-order valence-electron chi connectivity index (χ2n) is 6.23. The van der Waals surface area contributed by atoms with Crippen molar-refractivity contribution in [3.63, 3.8) is 0 Å². The number of aliphatic hydroxyl groups excluding tert-OH is 1. The third kappa shape index (κ3) is 4.06. The van der Waals surface area contributed by atoms with Gasteiger partial charge in [0.15, 0.2) is 0 Å². The normalized spacial score (nSPS) is 17.2. The van der Waals surface area contributed by atoms with Crippen LogP contribution in [0.3, 0.4) is 0 Å². The molecule has 140 valence electrons. The highest BCUT2D eigenvalue weighted by molar-refractivity contribution is 6.32. The standard InChI is InChI=1S/C21H23N3O3/c1-15(22-13-6-14-25)19-20(16-7-4-3-5-8-16)23-24(21(19)26)17-9-11-18(27-2)12-10-17/h3-5,7-12,19,25H,6,13-14H2,1-2H3. The average Bonchev–Trinajstić information content (AvgIpc) is 3.06. The highest BCUT2D eigenvalue weighted by Crippen LogP contribution is 2.29. The molecule has 0 saturated heterocycles. The monoisotopic (exact) mass is 365 g/mol. The lowest BCUT2D eigenvalue weighted by atomic mass is 9.93. The van der Waals surface area contributed by atoms with Crippen molar-refractivity contribution in [3.8, 4) is 5.75 Å². The van der Waals surface area contributed by atoms with Gasteiger partial charge in [-0.2, -0.15) is 10.1 Å². The fourth-order valence-corrected chi connectivity index (χ4v) is 2.99. The molecule has 1 aliphatic heterocycles. The summed E-state index contributed by atoms with van der Waals surface area (Å²) in [5.74, 6) is 0.0495. The Morgan fingerprint density at radius 1 is 1.19 bits per heavy atom. The molecule has 27 heavy (non-hydrogen) atoms. The molecule has 0 aliphatic carbocycles. The second-order valence-corrected chi connectivity index (χ2v) is 6.23. The van der Waals surface area contributed by atoms with Crippen LogP contribution in [0.15, 0.2) is 64.7 Å². The number of rotatable bonds is 7. The minimum absolute atomic E-state index is 0.0764. The first-order valence-corrected chi connectivity index (χ1v) is 8.89. The zero-order chi connectivity index (χ0) is 19.2. The SMILES string of the molecule is COc1ccc(N2N=C(c3ccccc3)C(C(C)=NCCCO)C2=O)cc1. The van der Waals surface area contributed by atoms with Crippen LogP contribution in [0.1, 0.15) is 18.9 Å². The summed E-state index contributed by atoms with van der Waals surface area (Å²) in [6.45, 7) is 2.40. The highest BCUT2D eigenvalue weighted by Gasteiger charge is 2.39. The third-order valence-corrected chi connectivity index (χ3v) is 4.42. The third-order valence-electron chi connectivity index (χ3n) is 4.42. The predicted octanol–water partition coefficient (Wildman–Crippen LogP) is 2.91. The van der Waals surface area contributed by atoms with Gasteiger partial charge in [-0.15, -0.1) is 0 Å². The summed E-state index contributed by atoms with van der Waals surface area (Å²) >= 11 is 0. The van der Waals surface area contributed by atoms with Crippen LogP contribution in [0.25, 0.3) is 0 Å². The largest absolute Gasteiger partial charge is 0.497 e. The van der Waals surface area contributed by atoms with E-state index in [0.717, 1.165) is 11.3 Å². The molecule has 2 aromatic rings. The van der Waals surface area contributed by atoms with Crippen molar-refractivity contribution < 1.29 is 14.6 Å². The van der Waals surface area contributed by atoms with Crippen LogP contribution in [-0.2, 0) is 4.79 Å². The summed E-state index contributed by atoms with van der Waals surface area (Å²) < 4.78 is 5.18. The first-order valence-electron chi connectivity index (χ1n) is 8.89. The number of aliphatic imine (C=N–C) groups is 1. The van der Waals surface area contributed by atoms with Gasteiger partial charge in [0, 0.05) is 18.9 Å². The lowest BCUT2D eigenvalue weighted by Gasteiger charge is -2.15. The molecule has 0 radical (unpaired) electrons. The summed E-state index contributed by atoms with van der Waals surface area (Å²) in [7, 11) is 1.60. The lowest BCUT2D eigenvalue weighted by molar-refractivity contribution is -0.118. The van der Waals surface area contributed by atoms with Crippen molar-refractivity contribution >= 4 is 23.0 Å². The Balaban J connectivity index is 1.98. The Kier molecular flexibility index (Phi) is 5.98. The van der Waals surface area contributed by atoms with E-state index in [-0.39, 0.29) is 12.5 Å². The van der Waals surface area contributed by atoms with Gasteiger partial charge in [-0.05, 0) is 43.2 Å². The predicted molar refractivity (Wildman–Crippen MR) is 107 cm³/mol. The maximum Gasteiger partial charge on any atom is 0.262 e. The van der Waals surface area contributed by atoms with E-state index in [4.69, 9.17) is 9.84 Å². The van der Waals surface area contributed by atoms with Gasteiger partial charge in [-0.25, -0.2) is 0 Å². The molecule has 0 spiro atoms. The Hall–Kier alpha value is -2.99. The van der Waals surface area contributed by atoms with Gasteiger partial charge in [-0.3, -0.25) is 9.79 Å². The molecule has 2 aromatic carbocycles. The molecule has 1 atom stereocenters. The van der Waals surface area contributed by atoms with Crippen molar-refractivity contribution in [1.82, 2.24) is 0 Å². The Morgan fingerprint density at radius 3 is 2.52 bits per heavy atom. The van der Waals surface area contributed by atoms with Crippen LogP contribution < -0.4 is 9.75 Å². The number of amides is 1. The van der Waals surface area contributed by atoms with E-state index < -0.39 is 5.92 Å². The molecule has 3 rings (SSSR count). The highest BCUT2D eigenvalue weighted by atomic mass is 16.5. The van der Waals surface area contributed by atoms with Crippen molar-refractivity contribution in [2.75, 3.05) is 25.3 Å². The molecular formula is C21H23N3O3. The van der Waals surface area contributed by atoms with Crippen LogP contribution in [0, 0.1) is 5.92 Å². The van der Waals surface area contributed by atoms with Crippen molar-refractivity contribution in [2.24, 2.45) is 16.0 Å². The van der Waals surface area contributed by atoms with E-state index in [0.29, 0.717) is 30.1 Å². The summed E-state index contributed by atoms with van der Waals surface area (Å²) in [6, 6.07) is 16.9. The smallest absolute Gasteiger partial charge is 0.262 e. The molecule has 6 heteroatoms. The Morgan fingerprint density at radius 2 is 1.89 bits per heavy atom. The molecule has 0 bridgehead atoms. The van der Waals surface area contributed by atoms with Gasteiger partial charge >= 0.3 is 0 Å². The number of hydrogen-bond acceptors (Lipinski definition) is 5. The maximum atomic E-state index is 13.2. The van der Waals surface area contributed by atoms with E-state index in [1.165, 1.54) is 5.01 Å².